The molecular weight excluding hydrogens is 572 g/mol. The largest absolute Gasteiger partial charge is 0.455 e. The van der Waals surface area contributed by atoms with Crippen LogP contribution in [-0.4, -0.2) is 81.3 Å². The fraction of sp³-hybridized carbons (Fsp3) is 0.919. The van der Waals surface area contributed by atoms with Crippen molar-refractivity contribution < 1.29 is 39.4 Å². The molecule has 9 atom stereocenters. The number of esters is 1. The molecule has 0 saturated carbocycles. The number of unbranched alkanes of at least 4 members (excludes halogenated alkanes) is 11. The Morgan fingerprint density at radius 3 is 1.62 bits per heavy atom. The zero-order chi connectivity index (χ0) is 32.4. The third-order valence-corrected chi connectivity index (χ3v) is 10.2. The molecule has 3 rings (SSSR count). The monoisotopic (exact) mass is 638 g/mol. The van der Waals surface area contributed by atoms with E-state index in [1.54, 1.807) is 0 Å². The van der Waals surface area contributed by atoms with Crippen LogP contribution < -0.4 is 0 Å². The number of aliphatic hydroxyl groups is 4. The summed E-state index contributed by atoms with van der Waals surface area (Å²) in [5.41, 5.74) is 0.857. The third kappa shape index (κ3) is 14.3. The minimum Gasteiger partial charge on any atom is -0.455 e. The molecule has 0 radical (unpaired) electrons. The summed E-state index contributed by atoms with van der Waals surface area (Å²) in [4.78, 5) is 11.6. The molecule has 0 bridgehead atoms. The molecule has 45 heavy (non-hydrogen) atoms. The number of ether oxygens (including phenoxy) is 3. The van der Waals surface area contributed by atoms with E-state index >= 15 is 0 Å². The van der Waals surface area contributed by atoms with E-state index in [0.717, 1.165) is 82.6 Å². The van der Waals surface area contributed by atoms with Crippen LogP contribution in [0.5, 0.6) is 0 Å². The van der Waals surface area contributed by atoms with E-state index in [-0.39, 0.29) is 36.5 Å². The molecule has 0 aromatic heterocycles. The summed E-state index contributed by atoms with van der Waals surface area (Å²) in [6.07, 6.45) is 21.5. The topological polar surface area (TPSA) is 126 Å². The Morgan fingerprint density at radius 1 is 0.644 bits per heavy atom. The number of cyclic esters (lactones) is 1. The second kappa shape index (κ2) is 21.8. The van der Waals surface area contributed by atoms with Gasteiger partial charge >= 0.3 is 5.97 Å². The number of hydrogen-bond acceptors (Lipinski definition) is 8. The van der Waals surface area contributed by atoms with E-state index in [1.165, 1.54) is 44.9 Å². The Kier molecular flexibility index (Phi) is 18.6. The van der Waals surface area contributed by atoms with E-state index in [2.05, 4.69) is 6.92 Å². The molecule has 0 aromatic carbocycles. The van der Waals surface area contributed by atoms with Crippen LogP contribution in [0.4, 0.5) is 0 Å². The molecule has 3 heterocycles. The Bertz CT molecular complexity index is 833. The Balaban J connectivity index is 1.14. The predicted octanol–water partition coefficient (Wildman–Crippen LogP) is 6.83. The summed E-state index contributed by atoms with van der Waals surface area (Å²) in [6.45, 7) is 4.03. The van der Waals surface area contributed by atoms with Gasteiger partial charge in [-0.1, -0.05) is 84.0 Å². The standard InChI is InChI=1S/C37H66O8/c1-3-4-13-18-29(38)30(39)20-16-21-32(41)34-23-25-36(45-34)35-24-22-33(44-35)31(40)19-15-12-10-8-6-5-7-9-11-14-17-28-26-27(2)43-37(28)42/h26-27,29-36,38-41H,3-25H2,1-2H3/t27-,29+,30+,31+,32+,33+,34-,35+,36+/m0/s1. The number of rotatable bonds is 25. The van der Waals surface area contributed by atoms with Crippen molar-refractivity contribution >= 4 is 5.97 Å². The van der Waals surface area contributed by atoms with E-state index in [9.17, 15) is 25.2 Å². The molecule has 0 amide bonds. The molecule has 3 aliphatic heterocycles. The highest BCUT2D eigenvalue weighted by Crippen LogP contribution is 2.34. The molecular formula is C37H66O8. The van der Waals surface area contributed by atoms with Gasteiger partial charge < -0.3 is 34.6 Å². The van der Waals surface area contributed by atoms with Crippen LogP contribution in [0.25, 0.3) is 0 Å². The minimum absolute atomic E-state index is 0.0121. The van der Waals surface area contributed by atoms with Crippen LogP contribution in [0.3, 0.4) is 0 Å². The number of aliphatic hydroxyl groups excluding tert-OH is 4. The lowest BCUT2D eigenvalue weighted by Gasteiger charge is -2.24. The molecule has 0 spiro atoms. The van der Waals surface area contributed by atoms with Gasteiger partial charge in [-0.15, -0.1) is 0 Å². The lowest BCUT2D eigenvalue weighted by atomic mass is 9.98. The second-order valence-corrected chi connectivity index (χ2v) is 14.2. The molecule has 3 aliphatic rings. The maximum absolute atomic E-state index is 11.6. The summed E-state index contributed by atoms with van der Waals surface area (Å²) in [6, 6.07) is 0. The van der Waals surface area contributed by atoms with Crippen molar-refractivity contribution in [3.05, 3.63) is 11.6 Å². The molecule has 0 unspecified atom stereocenters. The van der Waals surface area contributed by atoms with Crippen molar-refractivity contribution in [2.24, 2.45) is 0 Å². The highest BCUT2D eigenvalue weighted by molar-refractivity contribution is 5.90. The lowest BCUT2D eigenvalue weighted by molar-refractivity contribution is -0.139. The van der Waals surface area contributed by atoms with Crippen LogP contribution in [0.1, 0.15) is 162 Å². The third-order valence-electron chi connectivity index (χ3n) is 10.2. The highest BCUT2D eigenvalue weighted by atomic mass is 16.6. The summed E-state index contributed by atoms with van der Waals surface area (Å²) < 4.78 is 17.6. The summed E-state index contributed by atoms with van der Waals surface area (Å²) in [5, 5.41) is 41.8. The van der Waals surface area contributed by atoms with Crippen LogP contribution in [0.2, 0.25) is 0 Å². The first kappa shape index (κ1) is 38.4. The van der Waals surface area contributed by atoms with Gasteiger partial charge in [-0.25, -0.2) is 4.79 Å². The zero-order valence-corrected chi connectivity index (χ0v) is 28.5. The summed E-state index contributed by atoms with van der Waals surface area (Å²) in [7, 11) is 0. The molecule has 262 valence electrons. The quantitative estimate of drug-likeness (QED) is 0.0634. The molecule has 0 aliphatic carbocycles. The smallest absolute Gasteiger partial charge is 0.334 e. The van der Waals surface area contributed by atoms with Crippen molar-refractivity contribution in [2.45, 2.75) is 216 Å². The van der Waals surface area contributed by atoms with Gasteiger partial charge in [0.2, 0.25) is 0 Å². The van der Waals surface area contributed by atoms with E-state index in [0.29, 0.717) is 25.7 Å². The average molecular weight is 639 g/mol. The van der Waals surface area contributed by atoms with Crippen LogP contribution >= 0.6 is 0 Å². The van der Waals surface area contributed by atoms with Crippen LogP contribution in [0, 0.1) is 0 Å². The molecule has 8 nitrogen and oxygen atoms in total. The van der Waals surface area contributed by atoms with Crippen molar-refractivity contribution in [1.82, 2.24) is 0 Å². The predicted molar refractivity (Wildman–Crippen MR) is 177 cm³/mol. The van der Waals surface area contributed by atoms with Crippen molar-refractivity contribution in [3.8, 4) is 0 Å². The first-order valence-electron chi connectivity index (χ1n) is 18.7. The van der Waals surface area contributed by atoms with Gasteiger partial charge in [-0.3, -0.25) is 0 Å². The van der Waals surface area contributed by atoms with Gasteiger partial charge in [-0.05, 0) is 83.6 Å². The first-order valence-corrected chi connectivity index (χ1v) is 18.7. The van der Waals surface area contributed by atoms with Crippen molar-refractivity contribution in [2.75, 3.05) is 0 Å². The van der Waals surface area contributed by atoms with E-state index < -0.39 is 24.4 Å². The second-order valence-electron chi connectivity index (χ2n) is 14.2. The molecule has 0 aromatic rings. The summed E-state index contributed by atoms with van der Waals surface area (Å²) in [5.74, 6) is -0.129. The number of carbonyl (C=O) groups is 1. The maximum atomic E-state index is 11.6. The van der Waals surface area contributed by atoms with Gasteiger partial charge in [0.05, 0.1) is 48.8 Å². The molecule has 4 N–H and O–H groups in total. The normalized spacial score (nSPS) is 27.8. The Morgan fingerprint density at radius 2 is 1.11 bits per heavy atom. The van der Waals surface area contributed by atoms with Gasteiger partial charge in [0, 0.05) is 5.57 Å². The summed E-state index contributed by atoms with van der Waals surface area (Å²) >= 11 is 0. The fourth-order valence-corrected chi connectivity index (χ4v) is 7.29. The maximum Gasteiger partial charge on any atom is 0.334 e. The van der Waals surface area contributed by atoms with Crippen molar-refractivity contribution in [3.63, 3.8) is 0 Å². The lowest BCUT2D eigenvalue weighted by Crippen LogP contribution is -2.33. The van der Waals surface area contributed by atoms with Gasteiger partial charge in [0.1, 0.15) is 6.10 Å². The minimum atomic E-state index is -0.729. The van der Waals surface area contributed by atoms with Crippen molar-refractivity contribution in [1.29, 1.82) is 0 Å². The van der Waals surface area contributed by atoms with Gasteiger partial charge in [-0.2, -0.15) is 0 Å². The Hall–Kier alpha value is -1.03. The average Bonchev–Trinajstić information content (AvgIpc) is 3.77. The molecule has 2 fully saturated rings. The SMILES string of the molecule is CCCCC[C@@H](O)[C@H](O)CCC[C@@H](O)[C@@H]1CC[C@H]([C@H]2CC[C@H]([C@H](O)CCCCCCCCCCCCC3=C[C@H](C)OC3=O)O2)O1. The first-order chi connectivity index (χ1) is 21.8. The van der Waals surface area contributed by atoms with Crippen LogP contribution in [0.15, 0.2) is 11.6 Å². The number of carbonyl (C=O) groups excluding carboxylic acids is 1. The fourth-order valence-electron chi connectivity index (χ4n) is 7.29. The molecule has 8 heteroatoms. The number of hydrogen-bond donors (Lipinski definition) is 4. The molecule has 2 saturated heterocycles. The van der Waals surface area contributed by atoms with E-state index in [4.69, 9.17) is 14.2 Å². The Labute approximate surface area is 273 Å². The highest BCUT2D eigenvalue weighted by Gasteiger charge is 2.40. The van der Waals surface area contributed by atoms with Gasteiger partial charge in [0.15, 0.2) is 0 Å². The van der Waals surface area contributed by atoms with E-state index in [1.807, 2.05) is 13.0 Å². The van der Waals surface area contributed by atoms with Crippen LogP contribution in [-0.2, 0) is 19.0 Å². The van der Waals surface area contributed by atoms with Gasteiger partial charge in [0.25, 0.3) is 0 Å². The zero-order valence-electron chi connectivity index (χ0n) is 28.5.